The number of aliphatic hydroxyl groups is 1. The summed E-state index contributed by atoms with van der Waals surface area (Å²) in [4.78, 5) is 23.1. The van der Waals surface area contributed by atoms with Crippen molar-refractivity contribution in [1.29, 1.82) is 0 Å². The van der Waals surface area contributed by atoms with Crippen molar-refractivity contribution in [2.45, 2.75) is 51.9 Å². The summed E-state index contributed by atoms with van der Waals surface area (Å²) in [6.45, 7) is 7.51. The molecule has 0 aliphatic carbocycles. The van der Waals surface area contributed by atoms with Crippen molar-refractivity contribution in [2.24, 2.45) is 5.92 Å². The Kier molecular flexibility index (Phi) is 5.31. The van der Waals surface area contributed by atoms with E-state index in [9.17, 15) is 14.7 Å². The molecule has 0 spiro atoms. The molecule has 2 amide bonds. The van der Waals surface area contributed by atoms with Crippen molar-refractivity contribution < 1.29 is 19.4 Å². The van der Waals surface area contributed by atoms with Crippen LogP contribution in [0, 0.1) is 5.92 Å². The number of ether oxygens (including phenoxy) is 1. The molecular weight excluding hydrogens is 248 g/mol. The number of hydrogen-bond acceptors (Lipinski definition) is 4. The van der Waals surface area contributed by atoms with Gasteiger partial charge in [-0.1, -0.05) is 13.8 Å². The van der Waals surface area contributed by atoms with Crippen molar-refractivity contribution in [1.82, 2.24) is 10.6 Å². The number of rotatable bonds is 5. The molecule has 3 unspecified atom stereocenters. The zero-order valence-electron chi connectivity index (χ0n) is 12.0. The van der Waals surface area contributed by atoms with Crippen LogP contribution < -0.4 is 10.6 Å². The summed E-state index contributed by atoms with van der Waals surface area (Å²) in [5.41, 5.74) is -1.02. The molecule has 3 atom stereocenters. The van der Waals surface area contributed by atoms with Crippen LogP contribution in [0.4, 0.5) is 0 Å². The molecule has 6 nitrogen and oxygen atoms in total. The molecule has 0 aromatic carbocycles. The second-order valence-corrected chi connectivity index (χ2v) is 5.51. The normalized spacial score (nSPS) is 28.2. The fourth-order valence-electron chi connectivity index (χ4n) is 2.11. The van der Waals surface area contributed by atoms with Crippen LogP contribution in [0.5, 0.6) is 0 Å². The summed E-state index contributed by atoms with van der Waals surface area (Å²) < 4.78 is 5.30. The van der Waals surface area contributed by atoms with E-state index in [4.69, 9.17) is 4.74 Å². The smallest absolute Gasteiger partial charge is 0.242 e. The third kappa shape index (κ3) is 4.18. The van der Waals surface area contributed by atoms with Crippen molar-refractivity contribution >= 4 is 11.8 Å². The minimum atomic E-state index is -1.02. The molecular formula is C13H24N2O4. The van der Waals surface area contributed by atoms with Gasteiger partial charge in [-0.3, -0.25) is 9.59 Å². The predicted molar refractivity (Wildman–Crippen MR) is 70.4 cm³/mol. The van der Waals surface area contributed by atoms with Crippen LogP contribution in [0.1, 0.15) is 34.1 Å². The van der Waals surface area contributed by atoms with Crippen LogP contribution in [0.3, 0.4) is 0 Å². The first kappa shape index (κ1) is 15.9. The van der Waals surface area contributed by atoms with Crippen molar-refractivity contribution in [2.75, 3.05) is 13.2 Å². The zero-order valence-corrected chi connectivity index (χ0v) is 12.0. The van der Waals surface area contributed by atoms with Crippen LogP contribution in [0.25, 0.3) is 0 Å². The van der Waals surface area contributed by atoms with E-state index in [2.05, 4.69) is 10.6 Å². The highest BCUT2D eigenvalue weighted by atomic mass is 16.5. The first-order chi connectivity index (χ1) is 8.76. The fraction of sp³-hybridized carbons (Fsp3) is 0.846. The fourth-order valence-corrected chi connectivity index (χ4v) is 2.11. The van der Waals surface area contributed by atoms with E-state index >= 15 is 0 Å². The van der Waals surface area contributed by atoms with Gasteiger partial charge in [-0.05, 0) is 12.8 Å². The quantitative estimate of drug-likeness (QED) is 0.647. The largest absolute Gasteiger partial charge is 0.385 e. The Labute approximate surface area is 113 Å². The number of hydrogen-bond donors (Lipinski definition) is 3. The second kappa shape index (κ2) is 6.34. The van der Waals surface area contributed by atoms with E-state index in [1.807, 2.05) is 13.8 Å². The van der Waals surface area contributed by atoms with Gasteiger partial charge in [0.05, 0.1) is 6.10 Å². The minimum Gasteiger partial charge on any atom is -0.385 e. The zero-order chi connectivity index (χ0) is 14.6. The first-order valence-corrected chi connectivity index (χ1v) is 6.65. The molecule has 0 bridgehead atoms. The number of carbonyl (C=O) groups excluding carboxylic acids is 2. The highest BCUT2D eigenvalue weighted by Gasteiger charge is 2.40. The second-order valence-electron chi connectivity index (χ2n) is 5.51. The molecule has 1 fully saturated rings. The summed E-state index contributed by atoms with van der Waals surface area (Å²) in [6.07, 6.45) is 0.201. The molecule has 0 saturated carbocycles. The van der Waals surface area contributed by atoms with Crippen LogP contribution in [-0.4, -0.2) is 47.8 Å². The van der Waals surface area contributed by atoms with E-state index in [1.165, 1.54) is 6.92 Å². The Hall–Kier alpha value is -1.14. The summed E-state index contributed by atoms with van der Waals surface area (Å²) in [7, 11) is 0. The van der Waals surface area contributed by atoms with Gasteiger partial charge in [-0.25, -0.2) is 0 Å². The molecule has 1 rings (SSSR count). The third-order valence-corrected chi connectivity index (χ3v) is 3.54. The maximum Gasteiger partial charge on any atom is 0.242 e. The molecule has 1 saturated heterocycles. The SMILES string of the molecule is CC(=O)NC(C(=O)NCC1(O)CCOC1C)C(C)C. The first-order valence-electron chi connectivity index (χ1n) is 6.65. The summed E-state index contributed by atoms with van der Waals surface area (Å²) in [5, 5.41) is 15.6. The molecule has 3 N–H and O–H groups in total. The molecule has 6 heteroatoms. The van der Waals surface area contributed by atoms with E-state index in [1.54, 1.807) is 6.92 Å². The molecule has 1 aliphatic heterocycles. The van der Waals surface area contributed by atoms with Gasteiger partial charge in [0, 0.05) is 26.5 Å². The van der Waals surface area contributed by atoms with Crippen molar-refractivity contribution in [3.05, 3.63) is 0 Å². The average Bonchev–Trinajstić information content (AvgIpc) is 2.63. The average molecular weight is 272 g/mol. The van der Waals surface area contributed by atoms with Crippen molar-refractivity contribution in [3.8, 4) is 0 Å². The topological polar surface area (TPSA) is 87.7 Å². The maximum absolute atomic E-state index is 12.0. The third-order valence-electron chi connectivity index (χ3n) is 3.54. The van der Waals surface area contributed by atoms with E-state index in [0.29, 0.717) is 13.0 Å². The molecule has 110 valence electrons. The van der Waals surface area contributed by atoms with Gasteiger partial charge < -0.3 is 20.5 Å². The van der Waals surface area contributed by atoms with Gasteiger partial charge in [0.25, 0.3) is 0 Å². The van der Waals surface area contributed by atoms with E-state index in [-0.39, 0.29) is 30.4 Å². The standard InChI is InChI=1S/C13H24N2O4/c1-8(2)11(15-10(4)16)12(17)14-7-13(18)5-6-19-9(13)3/h8-9,11,18H,5-7H2,1-4H3,(H,14,17)(H,15,16). The molecule has 1 aliphatic rings. The lowest BCUT2D eigenvalue weighted by atomic mass is 9.96. The van der Waals surface area contributed by atoms with Crippen LogP contribution in [0.2, 0.25) is 0 Å². The van der Waals surface area contributed by atoms with Gasteiger partial charge in [0.15, 0.2) is 0 Å². The molecule has 0 radical (unpaired) electrons. The van der Waals surface area contributed by atoms with Crippen LogP contribution in [0.15, 0.2) is 0 Å². The van der Waals surface area contributed by atoms with Gasteiger partial charge >= 0.3 is 0 Å². The van der Waals surface area contributed by atoms with Gasteiger partial charge in [-0.2, -0.15) is 0 Å². The Balaban J connectivity index is 2.55. The van der Waals surface area contributed by atoms with Gasteiger partial charge in [0.1, 0.15) is 11.6 Å². The lowest BCUT2D eigenvalue weighted by Crippen LogP contribution is -2.54. The van der Waals surface area contributed by atoms with E-state index in [0.717, 1.165) is 0 Å². The van der Waals surface area contributed by atoms with Crippen LogP contribution in [-0.2, 0) is 14.3 Å². The molecule has 19 heavy (non-hydrogen) atoms. The van der Waals surface area contributed by atoms with Crippen LogP contribution >= 0.6 is 0 Å². The number of amides is 2. The summed E-state index contributed by atoms with van der Waals surface area (Å²) >= 11 is 0. The predicted octanol–water partition coefficient (Wildman–Crippen LogP) is -0.197. The Morgan fingerprint density at radius 2 is 2.11 bits per heavy atom. The lowest BCUT2D eigenvalue weighted by molar-refractivity contribution is -0.130. The molecule has 0 aromatic heterocycles. The Morgan fingerprint density at radius 3 is 2.53 bits per heavy atom. The van der Waals surface area contributed by atoms with Crippen molar-refractivity contribution in [3.63, 3.8) is 0 Å². The minimum absolute atomic E-state index is 0.0178. The molecule has 1 heterocycles. The summed E-state index contributed by atoms with van der Waals surface area (Å²) in [5.74, 6) is -0.543. The number of carbonyl (C=O) groups is 2. The lowest BCUT2D eigenvalue weighted by Gasteiger charge is -2.28. The highest BCUT2D eigenvalue weighted by molar-refractivity contribution is 5.87. The van der Waals surface area contributed by atoms with Gasteiger partial charge in [0.2, 0.25) is 11.8 Å². The van der Waals surface area contributed by atoms with E-state index < -0.39 is 11.6 Å². The Bertz CT molecular complexity index is 346. The maximum atomic E-state index is 12.0. The Morgan fingerprint density at radius 1 is 1.47 bits per heavy atom. The highest BCUT2D eigenvalue weighted by Crippen LogP contribution is 2.24. The summed E-state index contributed by atoms with van der Waals surface area (Å²) in [6, 6.07) is -0.585. The number of nitrogens with one attached hydrogen (secondary N) is 2. The van der Waals surface area contributed by atoms with Gasteiger partial charge in [-0.15, -0.1) is 0 Å². The molecule has 0 aromatic rings. The monoisotopic (exact) mass is 272 g/mol.